The number of halogens is 4. The molecular weight excluding hydrogens is 346 g/mol. The minimum atomic E-state index is -4.73. The molecule has 1 aliphatic rings. The number of hydrogen-bond donors (Lipinski definition) is 2. The third-order valence-corrected chi connectivity index (χ3v) is 3.58. The maximum absolute atomic E-state index is 13.0. The molecule has 25 heavy (non-hydrogen) atoms. The van der Waals surface area contributed by atoms with Gasteiger partial charge >= 0.3 is 12.2 Å². The van der Waals surface area contributed by atoms with Crippen LogP contribution in [-0.4, -0.2) is 35.8 Å². The van der Waals surface area contributed by atoms with E-state index in [2.05, 4.69) is 10.6 Å². The quantitative estimate of drug-likeness (QED) is 0.599. The van der Waals surface area contributed by atoms with Crippen molar-refractivity contribution in [2.45, 2.75) is 25.6 Å². The first-order valence-corrected chi connectivity index (χ1v) is 7.39. The lowest BCUT2D eigenvalue weighted by molar-refractivity contribution is -0.138. The number of nitrogens with one attached hydrogen (secondary N) is 2. The summed E-state index contributed by atoms with van der Waals surface area (Å²) in [6.07, 6.45) is -4.62. The molecule has 1 aromatic rings. The lowest BCUT2D eigenvalue weighted by Crippen LogP contribution is -2.33. The van der Waals surface area contributed by atoms with Crippen molar-refractivity contribution in [1.82, 2.24) is 15.5 Å². The molecule has 0 aromatic heterocycles. The minimum Gasteiger partial charge on any atom is -0.352 e. The lowest BCUT2D eigenvalue weighted by Gasteiger charge is -2.14. The molecule has 4 amide bonds. The van der Waals surface area contributed by atoms with E-state index in [9.17, 15) is 31.9 Å². The predicted octanol–water partition coefficient (Wildman–Crippen LogP) is 1.79. The number of carbonyl (C=O) groups excluding carboxylic acids is 3. The van der Waals surface area contributed by atoms with E-state index in [0.29, 0.717) is 6.07 Å². The van der Waals surface area contributed by atoms with Crippen LogP contribution in [0.5, 0.6) is 0 Å². The molecule has 1 aromatic carbocycles. The molecular formula is C15H15F4N3O3. The minimum absolute atomic E-state index is 0.0441. The molecule has 0 saturated carbocycles. The second kappa shape index (κ2) is 7.49. The van der Waals surface area contributed by atoms with Gasteiger partial charge in [0.2, 0.25) is 11.8 Å². The van der Waals surface area contributed by atoms with Crippen molar-refractivity contribution in [3.05, 3.63) is 35.1 Å². The normalized spacial score (nSPS) is 14.6. The molecule has 0 unspecified atom stereocenters. The first kappa shape index (κ1) is 18.7. The lowest BCUT2D eigenvalue weighted by atomic mass is 10.1. The molecule has 136 valence electrons. The van der Waals surface area contributed by atoms with Crippen molar-refractivity contribution in [2.24, 2.45) is 0 Å². The number of amides is 4. The number of urea groups is 1. The van der Waals surface area contributed by atoms with E-state index in [1.54, 1.807) is 0 Å². The molecule has 2 N–H and O–H groups in total. The molecule has 1 heterocycles. The molecule has 0 radical (unpaired) electrons. The number of hydrogen-bond acceptors (Lipinski definition) is 3. The second-order valence-electron chi connectivity index (χ2n) is 5.38. The number of carbonyl (C=O) groups is 3. The van der Waals surface area contributed by atoms with E-state index in [1.807, 2.05) is 0 Å². The number of nitrogens with zero attached hydrogens (tertiary/aromatic N) is 1. The molecule has 1 saturated heterocycles. The van der Waals surface area contributed by atoms with E-state index >= 15 is 0 Å². The van der Waals surface area contributed by atoms with Crippen molar-refractivity contribution in [1.29, 1.82) is 0 Å². The van der Waals surface area contributed by atoms with Gasteiger partial charge in [-0.25, -0.2) is 9.18 Å². The monoisotopic (exact) mass is 361 g/mol. The molecule has 6 nitrogen and oxygen atoms in total. The average molecular weight is 361 g/mol. The summed E-state index contributed by atoms with van der Waals surface area (Å²) < 4.78 is 51.5. The second-order valence-corrected chi connectivity index (χ2v) is 5.38. The summed E-state index contributed by atoms with van der Waals surface area (Å²) in [7, 11) is 0. The first-order chi connectivity index (χ1) is 11.7. The van der Waals surface area contributed by atoms with Crippen molar-refractivity contribution in [2.75, 3.05) is 13.1 Å². The summed E-state index contributed by atoms with van der Waals surface area (Å²) in [4.78, 5) is 35.3. The smallest absolute Gasteiger partial charge is 0.352 e. The third-order valence-electron chi connectivity index (χ3n) is 3.58. The van der Waals surface area contributed by atoms with Gasteiger partial charge in [-0.3, -0.25) is 14.5 Å². The Bertz CT molecular complexity index is 675. The van der Waals surface area contributed by atoms with Gasteiger partial charge in [-0.05, 0) is 24.1 Å². The molecule has 2 rings (SSSR count). The Kier molecular flexibility index (Phi) is 5.60. The Labute approximate surface area is 140 Å². The van der Waals surface area contributed by atoms with Gasteiger partial charge in [0.05, 0.1) is 12.1 Å². The Morgan fingerprint density at radius 1 is 1.28 bits per heavy atom. The largest absolute Gasteiger partial charge is 0.416 e. The third kappa shape index (κ3) is 4.91. The van der Waals surface area contributed by atoms with Crippen molar-refractivity contribution < 1.29 is 31.9 Å². The SMILES string of the molecule is O=C(CCCN1C(=O)CNC1=O)NCc1ccc(F)cc1C(F)(F)F. The topological polar surface area (TPSA) is 78.5 Å². The summed E-state index contributed by atoms with van der Waals surface area (Å²) in [6, 6.07) is 1.69. The molecule has 1 fully saturated rings. The van der Waals surface area contributed by atoms with Crippen LogP contribution in [0.15, 0.2) is 18.2 Å². The van der Waals surface area contributed by atoms with E-state index < -0.39 is 41.9 Å². The fourth-order valence-corrected chi connectivity index (χ4v) is 2.33. The van der Waals surface area contributed by atoms with Crippen molar-refractivity contribution in [3.8, 4) is 0 Å². The number of rotatable bonds is 6. The summed E-state index contributed by atoms with van der Waals surface area (Å²) in [6.45, 7) is -0.449. The number of alkyl halides is 3. The van der Waals surface area contributed by atoms with Crippen LogP contribution in [0, 0.1) is 5.82 Å². The van der Waals surface area contributed by atoms with E-state index in [1.165, 1.54) is 0 Å². The van der Waals surface area contributed by atoms with Gasteiger partial charge in [-0.15, -0.1) is 0 Å². The highest BCUT2D eigenvalue weighted by Gasteiger charge is 2.33. The van der Waals surface area contributed by atoms with Crippen LogP contribution in [0.2, 0.25) is 0 Å². The van der Waals surface area contributed by atoms with Crippen LogP contribution in [0.4, 0.5) is 22.4 Å². The molecule has 1 aliphatic heterocycles. The van der Waals surface area contributed by atoms with Crippen LogP contribution < -0.4 is 10.6 Å². The first-order valence-electron chi connectivity index (χ1n) is 7.39. The number of imide groups is 1. The predicted molar refractivity (Wildman–Crippen MR) is 77.6 cm³/mol. The Morgan fingerprint density at radius 2 is 2.00 bits per heavy atom. The number of benzene rings is 1. The summed E-state index contributed by atoms with van der Waals surface area (Å²) >= 11 is 0. The van der Waals surface area contributed by atoms with Gasteiger partial charge in [0.25, 0.3) is 0 Å². The Hall–Kier alpha value is -2.65. The van der Waals surface area contributed by atoms with Gasteiger partial charge < -0.3 is 10.6 Å². The molecule has 0 spiro atoms. The van der Waals surface area contributed by atoms with Crippen LogP contribution in [0.3, 0.4) is 0 Å². The molecule has 10 heteroatoms. The molecule has 0 bridgehead atoms. The molecule has 0 aliphatic carbocycles. The van der Waals surface area contributed by atoms with Crippen molar-refractivity contribution >= 4 is 17.8 Å². The van der Waals surface area contributed by atoms with Gasteiger partial charge in [0, 0.05) is 19.5 Å². The summed E-state index contributed by atoms with van der Waals surface area (Å²) in [5.41, 5.74) is -1.40. The van der Waals surface area contributed by atoms with Gasteiger partial charge in [-0.2, -0.15) is 13.2 Å². The summed E-state index contributed by atoms with van der Waals surface area (Å²) in [5.74, 6) is -1.95. The fraction of sp³-hybridized carbons (Fsp3) is 0.400. The van der Waals surface area contributed by atoms with Crippen LogP contribution >= 0.6 is 0 Å². The Morgan fingerprint density at radius 3 is 2.60 bits per heavy atom. The van der Waals surface area contributed by atoms with Crippen LogP contribution in [0.1, 0.15) is 24.0 Å². The van der Waals surface area contributed by atoms with E-state index in [-0.39, 0.29) is 31.5 Å². The highest BCUT2D eigenvalue weighted by atomic mass is 19.4. The molecule has 0 atom stereocenters. The zero-order valence-electron chi connectivity index (χ0n) is 13.0. The Balaban J connectivity index is 1.84. The van der Waals surface area contributed by atoms with Gasteiger partial charge in [0.15, 0.2) is 0 Å². The zero-order chi connectivity index (χ0) is 18.6. The van der Waals surface area contributed by atoms with E-state index in [4.69, 9.17) is 0 Å². The van der Waals surface area contributed by atoms with Crippen LogP contribution in [-0.2, 0) is 22.3 Å². The standard InChI is InChI=1S/C15H15F4N3O3/c16-10-4-3-9(11(6-10)15(17,18)19)7-20-12(23)2-1-5-22-13(24)8-21-14(22)25/h3-4,6H,1-2,5,7-8H2,(H,20,23)(H,21,25). The maximum atomic E-state index is 13.0. The van der Waals surface area contributed by atoms with Crippen molar-refractivity contribution in [3.63, 3.8) is 0 Å². The highest BCUT2D eigenvalue weighted by molar-refractivity contribution is 6.01. The average Bonchev–Trinajstić information content (AvgIpc) is 2.84. The zero-order valence-corrected chi connectivity index (χ0v) is 13.0. The van der Waals surface area contributed by atoms with Crippen LogP contribution in [0.25, 0.3) is 0 Å². The maximum Gasteiger partial charge on any atom is 0.416 e. The van der Waals surface area contributed by atoms with Gasteiger partial charge in [-0.1, -0.05) is 6.07 Å². The van der Waals surface area contributed by atoms with Gasteiger partial charge in [0.1, 0.15) is 5.82 Å². The summed E-state index contributed by atoms with van der Waals surface area (Å²) in [5, 5.41) is 4.64. The van der Waals surface area contributed by atoms with E-state index in [0.717, 1.165) is 17.0 Å². The highest BCUT2D eigenvalue weighted by Crippen LogP contribution is 2.32. The fourth-order valence-electron chi connectivity index (χ4n) is 2.33.